The Morgan fingerprint density at radius 2 is 2.00 bits per heavy atom. The molecule has 0 unspecified atom stereocenters. The van der Waals surface area contributed by atoms with Gasteiger partial charge in [-0.1, -0.05) is 11.6 Å². The molecule has 4 saturated heterocycles. The summed E-state index contributed by atoms with van der Waals surface area (Å²) < 4.78 is 24.3. The lowest BCUT2D eigenvalue weighted by Crippen LogP contribution is -2.56. The van der Waals surface area contributed by atoms with Gasteiger partial charge >= 0.3 is 6.09 Å². The second kappa shape index (κ2) is 8.24. The largest absolute Gasteiger partial charge is 0.443 e. The third-order valence-corrected chi connectivity index (χ3v) is 8.77. The first-order chi connectivity index (χ1) is 15.7. The number of nitrogens with one attached hydrogen (secondary N) is 1. The van der Waals surface area contributed by atoms with Crippen molar-refractivity contribution in [2.75, 3.05) is 33.4 Å². The van der Waals surface area contributed by atoms with E-state index in [2.05, 4.69) is 32.2 Å². The van der Waals surface area contributed by atoms with Gasteiger partial charge in [-0.25, -0.2) is 4.79 Å². The van der Waals surface area contributed by atoms with Crippen LogP contribution in [0.15, 0.2) is 11.6 Å². The van der Waals surface area contributed by atoms with E-state index in [1.54, 1.807) is 12.0 Å². The van der Waals surface area contributed by atoms with E-state index in [1.807, 2.05) is 0 Å². The Morgan fingerprint density at radius 1 is 1.27 bits per heavy atom. The van der Waals surface area contributed by atoms with Crippen molar-refractivity contribution in [2.24, 2.45) is 11.3 Å². The Balaban J connectivity index is 1.23. The molecule has 4 heterocycles. The second-order valence-electron chi connectivity index (χ2n) is 11.2. The predicted octanol–water partition coefficient (Wildman–Crippen LogP) is 2.80. The molecular weight excluding hydrogens is 424 g/mol. The Kier molecular flexibility index (Phi) is 5.77. The highest BCUT2D eigenvalue weighted by Crippen LogP contribution is 2.59. The molecule has 8 nitrogen and oxygen atoms in total. The van der Waals surface area contributed by atoms with Gasteiger partial charge in [-0.05, 0) is 58.3 Å². The topological polar surface area (TPSA) is 92.9 Å². The molecule has 0 aromatic rings. The van der Waals surface area contributed by atoms with Gasteiger partial charge in [-0.3, -0.25) is 4.79 Å². The molecule has 0 aromatic carbocycles. The Bertz CT molecular complexity index is 827. The molecule has 1 aliphatic carbocycles. The van der Waals surface area contributed by atoms with Crippen molar-refractivity contribution in [3.05, 3.63) is 11.6 Å². The summed E-state index contributed by atoms with van der Waals surface area (Å²) in [6.45, 7) is 9.04. The normalized spacial score (nSPS) is 41.1. The Labute approximate surface area is 196 Å². The summed E-state index contributed by atoms with van der Waals surface area (Å²) in [6, 6.07) is 0. The molecule has 5 rings (SSSR count). The van der Waals surface area contributed by atoms with Crippen LogP contribution in [0.1, 0.15) is 59.3 Å². The lowest BCUT2D eigenvalue weighted by molar-refractivity contribution is -0.123. The monoisotopic (exact) mass is 462 g/mol. The summed E-state index contributed by atoms with van der Waals surface area (Å²) in [5.74, 6) is 0.148. The Hall–Kier alpha value is -1.64. The minimum absolute atomic E-state index is 0.00671. The zero-order valence-electron chi connectivity index (χ0n) is 20.4. The van der Waals surface area contributed by atoms with E-state index in [4.69, 9.17) is 18.9 Å². The van der Waals surface area contributed by atoms with E-state index in [0.29, 0.717) is 26.1 Å². The lowest BCUT2D eigenvalue weighted by Gasteiger charge is -2.44. The Morgan fingerprint density at radius 3 is 2.58 bits per heavy atom. The maximum absolute atomic E-state index is 13.1. The minimum Gasteiger partial charge on any atom is -0.443 e. The van der Waals surface area contributed by atoms with Gasteiger partial charge in [0.1, 0.15) is 23.4 Å². The fourth-order valence-corrected chi connectivity index (χ4v) is 6.54. The number of nitrogens with zero attached hydrogens (tertiary/aromatic N) is 1. The van der Waals surface area contributed by atoms with Crippen LogP contribution in [0.5, 0.6) is 0 Å². The molecule has 2 spiro atoms. The molecular formula is C25H38N2O6. The number of amides is 2. The summed E-state index contributed by atoms with van der Waals surface area (Å²) in [5, 5.41) is 2.94. The number of hydrogen-bond donors (Lipinski definition) is 1. The van der Waals surface area contributed by atoms with Crippen molar-refractivity contribution in [1.82, 2.24) is 10.2 Å². The average molecular weight is 463 g/mol. The third-order valence-electron chi connectivity index (χ3n) is 8.77. The van der Waals surface area contributed by atoms with Crippen molar-refractivity contribution < 1.29 is 28.5 Å². The van der Waals surface area contributed by atoms with Crippen molar-refractivity contribution in [3.8, 4) is 0 Å². The maximum Gasteiger partial charge on any atom is 0.410 e. The van der Waals surface area contributed by atoms with E-state index in [0.717, 1.165) is 38.6 Å². The zero-order chi connectivity index (χ0) is 23.4. The van der Waals surface area contributed by atoms with Gasteiger partial charge in [0.2, 0.25) is 5.91 Å². The van der Waals surface area contributed by atoms with E-state index in [-0.39, 0.29) is 52.8 Å². The molecule has 1 N–H and O–H groups in total. The van der Waals surface area contributed by atoms with Gasteiger partial charge in [0.25, 0.3) is 0 Å². The zero-order valence-corrected chi connectivity index (χ0v) is 20.4. The number of carbonyl (C=O) groups excluding carboxylic acids is 2. The molecule has 184 valence electrons. The molecule has 6 atom stereocenters. The van der Waals surface area contributed by atoms with Crippen LogP contribution in [-0.4, -0.2) is 79.8 Å². The summed E-state index contributed by atoms with van der Waals surface area (Å²) in [7, 11) is 1.70. The maximum atomic E-state index is 13.1. The van der Waals surface area contributed by atoms with Gasteiger partial charge in [0.05, 0.1) is 18.6 Å². The highest BCUT2D eigenvalue weighted by Gasteiger charge is 2.72. The molecule has 2 amide bonds. The number of methoxy groups -OCH3 is 1. The second-order valence-corrected chi connectivity index (χ2v) is 11.2. The predicted molar refractivity (Wildman–Crippen MR) is 121 cm³/mol. The molecule has 33 heavy (non-hydrogen) atoms. The van der Waals surface area contributed by atoms with Crippen LogP contribution >= 0.6 is 0 Å². The van der Waals surface area contributed by atoms with E-state index < -0.39 is 0 Å². The first-order valence-electron chi connectivity index (χ1n) is 12.4. The number of carbonyl (C=O) groups is 2. The fourth-order valence-electron chi connectivity index (χ4n) is 6.54. The molecule has 0 bridgehead atoms. The number of rotatable bonds is 5. The summed E-state index contributed by atoms with van der Waals surface area (Å²) in [4.78, 5) is 26.6. The minimum atomic E-state index is -0.340. The van der Waals surface area contributed by atoms with Crippen LogP contribution in [0.3, 0.4) is 0 Å². The average Bonchev–Trinajstić information content (AvgIpc) is 3.66. The van der Waals surface area contributed by atoms with Crippen molar-refractivity contribution >= 4 is 12.0 Å². The number of hydrogen-bond acceptors (Lipinski definition) is 6. The molecule has 5 aliphatic rings. The van der Waals surface area contributed by atoms with E-state index in [9.17, 15) is 9.59 Å². The standard InChI is InChI=1S/C25H38N2O6/c1-16(2)5-6-18-23(3,33-18)21-20(30-4)17(7-8-25(21)15-31-25)32-22(29)27-11-9-24(10-12-27)13-19(28)26-14-24/h5,17-18,20-21H,6-15H2,1-4H3,(H,26,28)/t17-,18-,20-,21-,23+,25+/m1/s1. The van der Waals surface area contributed by atoms with E-state index in [1.165, 1.54) is 5.57 Å². The molecule has 0 radical (unpaired) electrons. The SMILES string of the molecule is CO[C@@H]1[C@H](OC(=O)N2CCC3(CC2)CNC(=O)C3)CC[C@]2(CO2)[C@H]1[C@@]1(C)O[C@@H]1CC=C(C)C. The van der Waals surface area contributed by atoms with Crippen molar-refractivity contribution in [1.29, 1.82) is 0 Å². The first kappa shape index (κ1) is 23.1. The van der Waals surface area contributed by atoms with Crippen LogP contribution in [0.25, 0.3) is 0 Å². The van der Waals surface area contributed by atoms with E-state index >= 15 is 0 Å². The number of allylic oxidation sites excluding steroid dienone is 1. The molecule has 8 heteroatoms. The highest BCUT2D eigenvalue weighted by molar-refractivity contribution is 5.79. The van der Waals surface area contributed by atoms with Gasteiger partial charge in [0.15, 0.2) is 0 Å². The third kappa shape index (κ3) is 4.19. The molecule has 5 fully saturated rings. The van der Waals surface area contributed by atoms with Gasteiger partial charge in [-0.15, -0.1) is 0 Å². The fraction of sp³-hybridized carbons (Fsp3) is 0.840. The lowest BCUT2D eigenvalue weighted by atomic mass is 9.68. The molecule has 0 aromatic heterocycles. The van der Waals surface area contributed by atoms with Crippen LogP contribution < -0.4 is 5.32 Å². The number of epoxide rings is 2. The van der Waals surface area contributed by atoms with Crippen molar-refractivity contribution in [3.63, 3.8) is 0 Å². The smallest absolute Gasteiger partial charge is 0.410 e. The van der Waals surface area contributed by atoms with Crippen LogP contribution in [0, 0.1) is 11.3 Å². The van der Waals surface area contributed by atoms with Gasteiger partial charge in [-0.2, -0.15) is 0 Å². The number of ether oxygens (including phenoxy) is 4. The molecule has 4 aliphatic heterocycles. The van der Waals surface area contributed by atoms with Crippen LogP contribution in [0.4, 0.5) is 4.79 Å². The van der Waals surface area contributed by atoms with Gasteiger partial charge < -0.3 is 29.2 Å². The number of likely N-dealkylation sites (tertiary alicyclic amines) is 1. The molecule has 1 saturated carbocycles. The number of piperidine rings is 1. The first-order valence-corrected chi connectivity index (χ1v) is 12.4. The summed E-state index contributed by atoms with van der Waals surface area (Å²) in [6.07, 6.45) is 6.17. The summed E-state index contributed by atoms with van der Waals surface area (Å²) >= 11 is 0. The van der Waals surface area contributed by atoms with Crippen LogP contribution in [-0.2, 0) is 23.7 Å². The summed E-state index contributed by atoms with van der Waals surface area (Å²) in [5.41, 5.74) is 0.725. The van der Waals surface area contributed by atoms with Crippen LogP contribution in [0.2, 0.25) is 0 Å². The quantitative estimate of drug-likeness (QED) is 0.499. The van der Waals surface area contributed by atoms with Gasteiger partial charge in [0, 0.05) is 33.2 Å². The highest BCUT2D eigenvalue weighted by atomic mass is 16.6. The van der Waals surface area contributed by atoms with Crippen molar-refractivity contribution in [2.45, 2.75) is 88.8 Å².